The zero-order valence-corrected chi connectivity index (χ0v) is 19.9. The van der Waals surface area contributed by atoms with Gasteiger partial charge in [0.1, 0.15) is 6.61 Å². The highest BCUT2D eigenvalue weighted by Crippen LogP contribution is 2.40. The van der Waals surface area contributed by atoms with Crippen molar-refractivity contribution in [2.75, 3.05) is 7.11 Å². The van der Waals surface area contributed by atoms with Gasteiger partial charge in [-0.3, -0.25) is 0 Å². The Morgan fingerprint density at radius 2 is 1.76 bits per heavy atom. The standard InChI is InChI=1S/C27H23F3N2O5/c1-34-26(33)27(12-6-3-7-13-27)37-23-21(28)24(30)32-25(22(23)29)36-20-14-18(15-31)10-11-19(20)35-16-17-8-4-2-5-9-17/h2,4-5,8-11,14H,3,6-7,12-13,16H2,1H3. The molecule has 0 bridgehead atoms. The van der Waals surface area contributed by atoms with Gasteiger partial charge in [0.25, 0.3) is 11.8 Å². The van der Waals surface area contributed by atoms with Crippen LogP contribution in [0.15, 0.2) is 48.5 Å². The van der Waals surface area contributed by atoms with Gasteiger partial charge in [-0.1, -0.05) is 36.8 Å². The molecule has 1 aromatic heterocycles. The fraction of sp³-hybridized carbons (Fsp3) is 0.296. The summed E-state index contributed by atoms with van der Waals surface area (Å²) in [5.74, 6) is -7.81. The molecule has 0 N–H and O–H groups in total. The van der Waals surface area contributed by atoms with E-state index in [0.29, 0.717) is 12.8 Å². The fourth-order valence-corrected chi connectivity index (χ4v) is 4.10. The van der Waals surface area contributed by atoms with Crippen LogP contribution in [0.25, 0.3) is 0 Å². The Balaban J connectivity index is 1.69. The molecule has 0 saturated heterocycles. The first-order chi connectivity index (χ1) is 17.9. The lowest BCUT2D eigenvalue weighted by Crippen LogP contribution is -2.47. The maximum Gasteiger partial charge on any atom is 0.350 e. The maximum absolute atomic E-state index is 15.5. The molecule has 3 aromatic rings. The zero-order chi connectivity index (χ0) is 26.4. The van der Waals surface area contributed by atoms with Crippen LogP contribution in [0.3, 0.4) is 0 Å². The third-order valence-electron chi connectivity index (χ3n) is 6.00. The van der Waals surface area contributed by atoms with E-state index in [-0.39, 0.29) is 36.5 Å². The van der Waals surface area contributed by atoms with Gasteiger partial charge in [0, 0.05) is 6.07 Å². The van der Waals surface area contributed by atoms with Crippen molar-refractivity contribution in [1.29, 1.82) is 5.26 Å². The summed E-state index contributed by atoms with van der Waals surface area (Å²) in [5.41, 5.74) is -0.704. The van der Waals surface area contributed by atoms with Gasteiger partial charge in [-0.2, -0.15) is 23.4 Å². The molecule has 37 heavy (non-hydrogen) atoms. The number of benzene rings is 2. The average Bonchev–Trinajstić information content (AvgIpc) is 2.93. The van der Waals surface area contributed by atoms with Crippen LogP contribution in [0.5, 0.6) is 23.1 Å². The van der Waals surface area contributed by atoms with E-state index in [9.17, 15) is 18.8 Å². The molecular weight excluding hydrogens is 489 g/mol. The lowest BCUT2D eigenvalue weighted by atomic mass is 9.84. The number of esters is 1. The number of methoxy groups -OCH3 is 1. The van der Waals surface area contributed by atoms with Gasteiger partial charge in [0.2, 0.25) is 23.0 Å². The Labute approximate surface area is 211 Å². The molecule has 2 aromatic carbocycles. The zero-order valence-electron chi connectivity index (χ0n) is 19.9. The SMILES string of the molecule is COC(=O)C1(Oc2c(F)c(F)nc(Oc3cc(C#N)ccc3OCc3ccccc3)c2F)CCCCC1. The molecular formula is C27H23F3N2O5. The van der Waals surface area contributed by atoms with E-state index < -0.39 is 40.8 Å². The van der Waals surface area contributed by atoms with E-state index in [0.717, 1.165) is 19.1 Å². The second kappa shape index (κ2) is 11.2. The molecule has 0 aliphatic heterocycles. The van der Waals surface area contributed by atoms with Crippen molar-refractivity contribution in [3.8, 4) is 29.2 Å². The van der Waals surface area contributed by atoms with Gasteiger partial charge in [0.05, 0.1) is 18.7 Å². The summed E-state index contributed by atoms with van der Waals surface area (Å²) < 4.78 is 66.3. The minimum Gasteiger partial charge on any atom is -0.485 e. The Bertz CT molecular complexity index is 1320. The highest BCUT2D eigenvalue weighted by atomic mass is 19.2. The monoisotopic (exact) mass is 512 g/mol. The number of halogens is 3. The Hall–Kier alpha value is -4.26. The van der Waals surface area contributed by atoms with Crippen molar-refractivity contribution < 1.29 is 36.9 Å². The molecule has 1 saturated carbocycles. The van der Waals surface area contributed by atoms with Crippen molar-refractivity contribution in [3.05, 3.63) is 77.2 Å². The largest absolute Gasteiger partial charge is 0.485 e. The third kappa shape index (κ3) is 5.61. The lowest BCUT2D eigenvalue weighted by Gasteiger charge is -2.34. The molecule has 0 spiro atoms. The number of ether oxygens (including phenoxy) is 4. The highest BCUT2D eigenvalue weighted by Gasteiger charge is 2.45. The Kier molecular flexibility index (Phi) is 7.82. The van der Waals surface area contributed by atoms with E-state index in [1.165, 1.54) is 18.2 Å². The summed E-state index contributed by atoms with van der Waals surface area (Å²) in [7, 11) is 1.13. The van der Waals surface area contributed by atoms with E-state index in [2.05, 4.69) is 4.98 Å². The molecule has 10 heteroatoms. The van der Waals surface area contributed by atoms with Crippen LogP contribution in [-0.4, -0.2) is 23.7 Å². The number of rotatable bonds is 8. The summed E-state index contributed by atoms with van der Waals surface area (Å²) in [5, 5.41) is 9.28. The van der Waals surface area contributed by atoms with Crippen LogP contribution in [0.2, 0.25) is 0 Å². The minimum absolute atomic E-state index is 0.106. The second-order valence-electron chi connectivity index (χ2n) is 8.46. The van der Waals surface area contributed by atoms with Crippen molar-refractivity contribution >= 4 is 5.97 Å². The van der Waals surface area contributed by atoms with Crippen molar-refractivity contribution in [2.24, 2.45) is 0 Å². The van der Waals surface area contributed by atoms with Crippen molar-refractivity contribution in [1.82, 2.24) is 4.98 Å². The quantitative estimate of drug-likeness (QED) is 0.270. The summed E-state index contributed by atoms with van der Waals surface area (Å²) in [6.45, 7) is 0.118. The van der Waals surface area contributed by atoms with Gasteiger partial charge in [-0.25, -0.2) is 4.79 Å². The third-order valence-corrected chi connectivity index (χ3v) is 6.00. The molecule has 4 rings (SSSR count). The van der Waals surface area contributed by atoms with Gasteiger partial charge in [-0.05, 0) is 43.4 Å². The predicted molar refractivity (Wildman–Crippen MR) is 125 cm³/mol. The molecule has 1 aliphatic rings. The van der Waals surface area contributed by atoms with E-state index in [4.69, 9.17) is 18.9 Å². The van der Waals surface area contributed by atoms with Crippen molar-refractivity contribution in [3.63, 3.8) is 0 Å². The second-order valence-corrected chi connectivity index (χ2v) is 8.46. The lowest BCUT2D eigenvalue weighted by molar-refractivity contribution is -0.162. The predicted octanol–water partition coefficient (Wildman–Crippen LogP) is 6.00. The van der Waals surface area contributed by atoms with Gasteiger partial charge in [0.15, 0.2) is 11.5 Å². The molecule has 7 nitrogen and oxygen atoms in total. The first-order valence-corrected chi connectivity index (χ1v) is 11.6. The molecule has 0 radical (unpaired) electrons. The summed E-state index contributed by atoms with van der Waals surface area (Å²) in [6.07, 6.45) is 2.19. The normalized spacial score (nSPS) is 14.4. The first-order valence-electron chi connectivity index (χ1n) is 11.6. The van der Waals surface area contributed by atoms with E-state index in [1.807, 2.05) is 36.4 Å². The molecule has 192 valence electrons. The number of aromatic nitrogens is 1. The molecule has 0 atom stereocenters. The van der Waals surface area contributed by atoms with E-state index in [1.54, 1.807) is 0 Å². The molecule has 0 unspecified atom stereocenters. The van der Waals surface area contributed by atoms with Crippen LogP contribution < -0.4 is 14.2 Å². The molecule has 1 aliphatic carbocycles. The van der Waals surface area contributed by atoms with Crippen LogP contribution in [-0.2, 0) is 16.1 Å². The topological polar surface area (TPSA) is 90.7 Å². The minimum atomic E-state index is -1.70. The van der Waals surface area contributed by atoms with Crippen LogP contribution in [0, 0.1) is 28.9 Å². The van der Waals surface area contributed by atoms with Crippen molar-refractivity contribution in [2.45, 2.75) is 44.3 Å². The van der Waals surface area contributed by atoms with Crippen LogP contribution in [0.4, 0.5) is 13.2 Å². The number of hydrogen-bond acceptors (Lipinski definition) is 7. The Morgan fingerprint density at radius 3 is 2.43 bits per heavy atom. The number of hydrogen-bond donors (Lipinski definition) is 0. The number of nitriles is 1. The maximum atomic E-state index is 15.5. The number of nitrogens with zero attached hydrogens (tertiary/aromatic N) is 2. The number of pyridine rings is 1. The van der Waals surface area contributed by atoms with Crippen LogP contribution in [0.1, 0.15) is 43.2 Å². The summed E-state index contributed by atoms with van der Waals surface area (Å²) in [6, 6.07) is 15.2. The fourth-order valence-electron chi connectivity index (χ4n) is 4.10. The van der Waals surface area contributed by atoms with E-state index >= 15 is 4.39 Å². The number of carbonyl (C=O) groups is 1. The smallest absolute Gasteiger partial charge is 0.350 e. The summed E-state index contributed by atoms with van der Waals surface area (Å²) >= 11 is 0. The number of carbonyl (C=O) groups excluding carboxylic acids is 1. The van der Waals surface area contributed by atoms with Gasteiger partial charge in [-0.15, -0.1) is 0 Å². The highest BCUT2D eigenvalue weighted by molar-refractivity contribution is 5.80. The van der Waals surface area contributed by atoms with Gasteiger partial charge < -0.3 is 18.9 Å². The van der Waals surface area contributed by atoms with Gasteiger partial charge >= 0.3 is 5.97 Å². The first kappa shape index (κ1) is 25.8. The molecule has 1 fully saturated rings. The molecule has 1 heterocycles. The van der Waals surface area contributed by atoms with Crippen LogP contribution >= 0.6 is 0 Å². The Morgan fingerprint density at radius 1 is 1.03 bits per heavy atom. The summed E-state index contributed by atoms with van der Waals surface area (Å²) in [4.78, 5) is 15.8. The molecule has 0 amide bonds. The average molecular weight is 512 g/mol.